The average molecular weight is 234 g/mol. The highest BCUT2D eigenvalue weighted by molar-refractivity contribution is 5.69. The molecule has 2 nitrogen and oxygen atoms in total. The van der Waals surface area contributed by atoms with Crippen molar-refractivity contribution in [2.24, 2.45) is 0 Å². The van der Waals surface area contributed by atoms with Crippen molar-refractivity contribution in [2.75, 3.05) is 6.61 Å². The van der Waals surface area contributed by atoms with E-state index >= 15 is 0 Å². The third-order valence-corrected chi connectivity index (χ3v) is 2.73. The van der Waals surface area contributed by atoms with Crippen LogP contribution in [0, 0.1) is 6.92 Å². The Hall–Kier alpha value is -1.31. The summed E-state index contributed by atoms with van der Waals surface area (Å²) in [5, 5.41) is 0. The predicted octanol–water partition coefficient (Wildman–Crippen LogP) is 3.66. The zero-order valence-electron chi connectivity index (χ0n) is 10.9. The van der Waals surface area contributed by atoms with Gasteiger partial charge in [-0.05, 0) is 31.7 Å². The van der Waals surface area contributed by atoms with Gasteiger partial charge in [0.05, 0.1) is 6.61 Å². The highest BCUT2D eigenvalue weighted by atomic mass is 16.5. The summed E-state index contributed by atoms with van der Waals surface area (Å²) in [6.07, 6.45) is 4.37. The normalized spacial score (nSPS) is 10.2. The molecule has 1 rings (SSSR count). The second-order valence-corrected chi connectivity index (χ2v) is 4.41. The van der Waals surface area contributed by atoms with Crippen LogP contribution in [0.25, 0.3) is 0 Å². The van der Waals surface area contributed by atoms with E-state index in [1.807, 2.05) is 0 Å². The van der Waals surface area contributed by atoms with E-state index in [0.29, 0.717) is 13.0 Å². The topological polar surface area (TPSA) is 26.3 Å². The molecule has 0 amide bonds. The van der Waals surface area contributed by atoms with E-state index in [9.17, 15) is 4.79 Å². The molecule has 0 saturated heterocycles. The first-order chi connectivity index (χ1) is 8.22. The zero-order chi connectivity index (χ0) is 12.5. The molecule has 1 aromatic rings. The van der Waals surface area contributed by atoms with Gasteiger partial charge in [-0.3, -0.25) is 4.79 Å². The van der Waals surface area contributed by atoms with E-state index < -0.39 is 0 Å². The number of esters is 1. The van der Waals surface area contributed by atoms with E-state index in [-0.39, 0.29) is 5.97 Å². The standard InChI is InChI=1S/C15H22O2/c1-3-4-12-17-15(16)7-5-6-14-10-8-13(2)9-11-14/h8-11H,3-7,12H2,1-2H3. The van der Waals surface area contributed by atoms with Crippen LogP contribution >= 0.6 is 0 Å². The number of carbonyl (C=O) groups excluding carboxylic acids is 1. The van der Waals surface area contributed by atoms with E-state index in [1.165, 1.54) is 11.1 Å². The van der Waals surface area contributed by atoms with Gasteiger partial charge in [0.25, 0.3) is 0 Å². The second kappa shape index (κ2) is 7.88. The fourth-order valence-corrected chi connectivity index (χ4v) is 1.59. The summed E-state index contributed by atoms with van der Waals surface area (Å²) in [5.41, 5.74) is 2.56. The maximum atomic E-state index is 11.3. The molecule has 0 aliphatic carbocycles. The molecule has 0 unspecified atom stereocenters. The molecule has 0 bridgehead atoms. The van der Waals surface area contributed by atoms with Crippen molar-refractivity contribution >= 4 is 5.97 Å². The van der Waals surface area contributed by atoms with Crippen LogP contribution in [-0.2, 0) is 16.0 Å². The average Bonchev–Trinajstić information content (AvgIpc) is 2.32. The van der Waals surface area contributed by atoms with Gasteiger partial charge in [-0.2, -0.15) is 0 Å². The Morgan fingerprint density at radius 3 is 2.53 bits per heavy atom. The number of hydrogen-bond acceptors (Lipinski definition) is 2. The van der Waals surface area contributed by atoms with Gasteiger partial charge in [0.15, 0.2) is 0 Å². The summed E-state index contributed by atoms with van der Waals surface area (Å²) < 4.78 is 5.10. The van der Waals surface area contributed by atoms with Crippen LogP contribution in [0.5, 0.6) is 0 Å². The molecule has 0 heterocycles. The Morgan fingerprint density at radius 1 is 1.18 bits per heavy atom. The van der Waals surface area contributed by atoms with E-state index in [1.54, 1.807) is 0 Å². The largest absolute Gasteiger partial charge is 0.466 e. The van der Waals surface area contributed by atoms with Crippen LogP contribution < -0.4 is 0 Å². The first-order valence-electron chi connectivity index (χ1n) is 6.43. The lowest BCUT2D eigenvalue weighted by Gasteiger charge is -2.04. The highest BCUT2D eigenvalue weighted by Gasteiger charge is 2.02. The summed E-state index contributed by atoms with van der Waals surface area (Å²) in [7, 11) is 0. The molecule has 17 heavy (non-hydrogen) atoms. The molecule has 0 aliphatic rings. The van der Waals surface area contributed by atoms with Crippen LogP contribution in [0.3, 0.4) is 0 Å². The molecular weight excluding hydrogens is 212 g/mol. The second-order valence-electron chi connectivity index (χ2n) is 4.41. The fraction of sp³-hybridized carbons (Fsp3) is 0.533. The predicted molar refractivity (Wildman–Crippen MR) is 70.0 cm³/mol. The van der Waals surface area contributed by atoms with Gasteiger partial charge >= 0.3 is 5.97 Å². The Bertz CT molecular complexity index is 327. The molecule has 94 valence electrons. The number of rotatable bonds is 7. The fourth-order valence-electron chi connectivity index (χ4n) is 1.59. The Labute approximate surface area is 104 Å². The minimum atomic E-state index is -0.0643. The van der Waals surface area contributed by atoms with E-state index in [0.717, 1.165) is 25.7 Å². The van der Waals surface area contributed by atoms with Gasteiger partial charge in [0.1, 0.15) is 0 Å². The van der Waals surface area contributed by atoms with Crippen LogP contribution in [-0.4, -0.2) is 12.6 Å². The third-order valence-electron chi connectivity index (χ3n) is 2.73. The number of unbranched alkanes of at least 4 members (excludes halogenated alkanes) is 1. The molecule has 0 N–H and O–H groups in total. The van der Waals surface area contributed by atoms with Crippen molar-refractivity contribution in [1.82, 2.24) is 0 Å². The van der Waals surface area contributed by atoms with Gasteiger partial charge in [-0.25, -0.2) is 0 Å². The van der Waals surface area contributed by atoms with Crippen molar-refractivity contribution in [3.8, 4) is 0 Å². The van der Waals surface area contributed by atoms with Gasteiger partial charge in [0.2, 0.25) is 0 Å². The van der Waals surface area contributed by atoms with Gasteiger partial charge < -0.3 is 4.74 Å². The molecular formula is C15H22O2. The maximum absolute atomic E-state index is 11.3. The lowest BCUT2D eigenvalue weighted by Crippen LogP contribution is -2.05. The first kappa shape index (κ1) is 13.8. The SMILES string of the molecule is CCCCOC(=O)CCCc1ccc(C)cc1. The van der Waals surface area contributed by atoms with Crippen LogP contribution in [0.4, 0.5) is 0 Å². The van der Waals surface area contributed by atoms with Crippen molar-refractivity contribution in [3.05, 3.63) is 35.4 Å². The lowest BCUT2D eigenvalue weighted by atomic mass is 10.1. The molecule has 0 aliphatic heterocycles. The Kier molecular flexibility index (Phi) is 6.38. The Balaban J connectivity index is 2.14. The molecule has 0 spiro atoms. The van der Waals surface area contributed by atoms with E-state index in [4.69, 9.17) is 4.74 Å². The molecule has 1 aromatic carbocycles. The highest BCUT2D eigenvalue weighted by Crippen LogP contribution is 2.07. The molecule has 0 atom stereocenters. The van der Waals surface area contributed by atoms with Crippen LogP contribution in [0.15, 0.2) is 24.3 Å². The number of hydrogen-bond donors (Lipinski definition) is 0. The number of aryl methyl sites for hydroxylation is 2. The first-order valence-corrected chi connectivity index (χ1v) is 6.43. The van der Waals surface area contributed by atoms with Gasteiger partial charge in [-0.15, -0.1) is 0 Å². The summed E-state index contributed by atoms with van der Waals surface area (Å²) in [6, 6.07) is 8.46. The molecule has 0 saturated carbocycles. The van der Waals surface area contributed by atoms with E-state index in [2.05, 4.69) is 38.1 Å². The van der Waals surface area contributed by atoms with Crippen molar-refractivity contribution in [3.63, 3.8) is 0 Å². The summed E-state index contributed by atoms with van der Waals surface area (Å²) >= 11 is 0. The summed E-state index contributed by atoms with van der Waals surface area (Å²) in [4.78, 5) is 11.3. The van der Waals surface area contributed by atoms with Crippen LogP contribution in [0.1, 0.15) is 43.7 Å². The zero-order valence-corrected chi connectivity index (χ0v) is 10.9. The van der Waals surface area contributed by atoms with Gasteiger partial charge in [0, 0.05) is 6.42 Å². The molecule has 2 heteroatoms. The minimum absolute atomic E-state index is 0.0643. The van der Waals surface area contributed by atoms with Crippen LogP contribution in [0.2, 0.25) is 0 Å². The number of carbonyl (C=O) groups is 1. The van der Waals surface area contributed by atoms with Crippen molar-refractivity contribution in [1.29, 1.82) is 0 Å². The minimum Gasteiger partial charge on any atom is -0.466 e. The third kappa shape index (κ3) is 6.10. The lowest BCUT2D eigenvalue weighted by molar-refractivity contribution is -0.143. The quantitative estimate of drug-likeness (QED) is 0.531. The number of benzene rings is 1. The smallest absolute Gasteiger partial charge is 0.305 e. The molecule has 0 fully saturated rings. The number of ether oxygens (including phenoxy) is 1. The molecule has 0 aromatic heterocycles. The maximum Gasteiger partial charge on any atom is 0.305 e. The molecule has 0 radical (unpaired) electrons. The summed E-state index contributed by atoms with van der Waals surface area (Å²) in [6.45, 7) is 4.74. The van der Waals surface area contributed by atoms with Crippen molar-refractivity contribution < 1.29 is 9.53 Å². The Morgan fingerprint density at radius 2 is 1.88 bits per heavy atom. The van der Waals surface area contributed by atoms with Crippen molar-refractivity contribution in [2.45, 2.75) is 46.0 Å². The summed E-state index contributed by atoms with van der Waals surface area (Å²) in [5.74, 6) is -0.0643. The monoisotopic (exact) mass is 234 g/mol. The van der Waals surface area contributed by atoms with Gasteiger partial charge in [-0.1, -0.05) is 43.2 Å².